The summed E-state index contributed by atoms with van der Waals surface area (Å²) in [6.07, 6.45) is 1.04. The van der Waals surface area contributed by atoms with E-state index in [2.05, 4.69) is 29.4 Å². The van der Waals surface area contributed by atoms with Gasteiger partial charge in [-0.15, -0.1) is 11.3 Å². The maximum Gasteiger partial charge on any atom is 0.190 e. The highest BCUT2D eigenvalue weighted by Crippen LogP contribution is 2.13. The molecule has 0 saturated carbocycles. The lowest BCUT2D eigenvalue weighted by Crippen LogP contribution is -2.17. The van der Waals surface area contributed by atoms with Gasteiger partial charge < -0.3 is 9.67 Å². The molecule has 1 heterocycles. The Morgan fingerprint density at radius 1 is 1.28 bits per heavy atom. The van der Waals surface area contributed by atoms with Crippen LogP contribution in [0.25, 0.3) is 0 Å². The van der Waals surface area contributed by atoms with Crippen molar-refractivity contribution in [2.45, 2.75) is 26.8 Å². The molecule has 0 radical (unpaired) electrons. The normalized spacial score (nSPS) is 12.1. The molecule has 0 amide bonds. The number of aliphatic hydroxyl groups excluding tert-OH is 1. The highest BCUT2D eigenvalue weighted by molar-refractivity contribution is 7.07. The van der Waals surface area contributed by atoms with Crippen LogP contribution in [-0.2, 0) is 13.0 Å². The summed E-state index contributed by atoms with van der Waals surface area (Å²) in [4.78, 5) is 5.56. The van der Waals surface area contributed by atoms with E-state index < -0.39 is 0 Å². The molecule has 0 aliphatic carbocycles. The van der Waals surface area contributed by atoms with Crippen molar-refractivity contribution in [2.24, 2.45) is 4.99 Å². The van der Waals surface area contributed by atoms with Crippen molar-refractivity contribution in [3.05, 3.63) is 45.7 Å². The lowest BCUT2D eigenvalue weighted by atomic mass is 10.2. The molecule has 0 atom stereocenters. The van der Waals surface area contributed by atoms with Crippen LogP contribution in [-0.4, -0.2) is 16.3 Å². The maximum atomic E-state index is 9.06. The molecule has 2 rings (SSSR count). The molecule has 0 aliphatic rings. The Kier molecular flexibility index (Phi) is 4.33. The average molecular weight is 262 g/mol. The Hall–Kier alpha value is -1.39. The topological polar surface area (TPSA) is 37.5 Å². The molecule has 3 nitrogen and oxygen atoms in total. The highest BCUT2D eigenvalue weighted by Gasteiger charge is 2.00. The zero-order valence-corrected chi connectivity index (χ0v) is 11.6. The van der Waals surface area contributed by atoms with Crippen LogP contribution in [0.5, 0.6) is 0 Å². The fourth-order valence-electron chi connectivity index (χ4n) is 1.79. The molecule has 18 heavy (non-hydrogen) atoms. The molecule has 1 aromatic carbocycles. The number of thiazole rings is 1. The van der Waals surface area contributed by atoms with Gasteiger partial charge in [0.25, 0.3) is 0 Å². The summed E-state index contributed by atoms with van der Waals surface area (Å²) in [5.41, 5.74) is 3.42. The van der Waals surface area contributed by atoms with E-state index in [1.54, 1.807) is 11.3 Å². The Bertz CT molecular complexity index is 566. The monoisotopic (exact) mass is 262 g/mol. The van der Waals surface area contributed by atoms with E-state index in [0.717, 1.165) is 22.6 Å². The third-order valence-corrected chi connectivity index (χ3v) is 3.87. The minimum absolute atomic E-state index is 0.138. The maximum absolute atomic E-state index is 9.06. The van der Waals surface area contributed by atoms with Crippen molar-refractivity contribution in [1.29, 1.82) is 0 Å². The number of aliphatic hydroxyl groups is 1. The fourth-order valence-corrected chi connectivity index (χ4v) is 2.72. The molecule has 0 bridgehead atoms. The molecule has 0 fully saturated rings. The average Bonchev–Trinajstić information content (AvgIpc) is 2.73. The number of aryl methyl sites for hydroxylation is 2. The summed E-state index contributed by atoms with van der Waals surface area (Å²) in [6, 6.07) is 8.29. The van der Waals surface area contributed by atoms with Crippen LogP contribution in [0.1, 0.15) is 18.2 Å². The van der Waals surface area contributed by atoms with Gasteiger partial charge >= 0.3 is 0 Å². The van der Waals surface area contributed by atoms with Gasteiger partial charge in [-0.1, -0.05) is 19.1 Å². The van der Waals surface area contributed by atoms with Crippen LogP contribution in [0.15, 0.2) is 34.6 Å². The van der Waals surface area contributed by atoms with Gasteiger partial charge in [0.2, 0.25) is 0 Å². The zero-order chi connectivity index (χ0) is 13.0. The SMILES string of the molecule is CCc1ccc(N=c2scc(C)n2CCO)cc1. The van der Waals surface area contributed by atoms with Crippen LogP contribution in [0.3, 0.4) is 0 Å². The van der Waals surface area contributed by atoms with Crippen molar-refractivity contribution in [3.8, 4) is 0 Å². The molecule has 96 valence electrons. The molecule has 0 unspecified atom stereocenters. The van der Waals surface area contributed by atoms with Crippen LogP contribution in [0.4, 0.5) is 5.69 Å². The molecule has 0 spiro atoms. The van der Waals surface area contributed by atoms with Crippen molar-refractivity contribution in [2.75, 3.05) is 6.61 Å². The lowest BCUT2D eigenvalue weighted by molar-refractivity contribution is 0.273. The molecule has 0 saturated heterocycles. The molecule has 2 aromatic rings. The van der Waals surface area contributed by atoms with Crippen molar-refractivity contribution in [3.63, 3.8) is 0 Å². The van der Waals surface area contributed by atoms with E-state index in [1.807, 2.05) is 23.6 Å². The molecular formula is C14H18N2OS. The third-order valence-electron chi connectivity index (χ3n) is 2.88. The van der Waals surface area contributed by atoms with Gasteiger partial charge in [-0.05, 0) is 31.0 Å². The van der Waals surface area contributed by atoms with Gasteiger partial charge in [-0.3, -0.25) is 0 Å². The summed E-state index contributed by atoms with van der Waals surface area (Å²) < 4.78 is 2.04. The Balaban J connectivity index is 2.37. The van der Waals surface area contributed by atoms with E-state index in [9.17, 15) is 0 Å². The summed E-state index contributed by atoms with van der Waals surface area (Å²) in [5.74, 6) is 0. The van der Waals surface area contributed by atoms with Crippen LogP contribution >= 0.6 is 11.3 Å². The first kappa shape index (κ1) is 13.1. The largest absolute Gasteiger partial charge is 0.395 e. The van der Waals surface area contributed by atoms with E-state index >= 15 is 0 Å². The summed E-state index contributed by atoms with van der Waals surface area (Å²) >= 11 is 1.61. The zero-order valence-electron chi connectivity index (χ0n) is 10.8. The second-order valence-electron chi connectivity index (χ2n) is 4.17. The van der Waals surface area contributed by atoms with E-state index in [1.165, 1.54) is 5.56 Å². The smallest absolute Gasteiger partial charge is 0.190 e. The summed E-state index contributed by atoms with van der Waals surface area (Å²) in [5, 5.41) is 11.1. The molecule has 1 aromatic heterocycles. The van der Waals surface area contributed by atoms with Gasteiger partial charge in [-0.25, -0.2) is 4.99 Å². The second kappa shape index (κ2) is 5.98. The number of hydrogen-bond donors (Lipinski definition) is 1. The predicted molar refractivity (Wildman–Crippen MR) is 75.2 cm³/mol. The number of rotatable bonds is 4. The van der Waals surface area contributed by atoms with Gasteiger partial charge in [0.1, 0.15) is 0 Å². The van der Waals surface area contributed by atoms with Gasteiger partial charge in [-0.2, -0.15) is 0 Å². The van der Waals surface area contributed by atoms with Crippen molar-refractivity contribution < 1.29 is 5.11 Å². The van der Waals surface area contributed by atoms with Crippen LogP contribution in [0.2, 0.25) is 0 Å². The lowest BCUT2D eigenvalue weighted by Gasteiger charge is -2.02. The quantitative estimate of drug-likeness (QED) is 0.903. The molecule has 1 N–H and O–H groups in total. The van der Waals surface area contributed by atoms with E-state index in [4.69, 9.17) is 5.11 Å². The first-order chi connectivity index (χ1) is 8.74. The molecule has 4 heteroatoms. The minimum Gasteiger partial charge on any atom is -0.395 e. The van der Waals surface area contributed by atoms with Gasteiger partial charge in [0.05, 0.1) is 12.3 Å². The molecule has 0 aliphatic heterocycles. The third kappa shape index (κ3) is 2.89. The second-order valence-corrected chi connectivity index (χ2v) is 5.00. The van der Waals surface area contributed by atoms with Crippen LogP contribution < -0.4 is 4.80 Å². The first-order valence-electron chi connectivity index (χ1n) is 6.14. The Morgan fingerprint density at radius 3 is 2.61 bits per heavy atom. The fraction of sp³-hybridized carbons (Fsp3) is 0.357. The standard InChI is InChI=1S/C14H18N2OS/c1-3-12-4-6-13(7-5-12)15-14-16(8-9-17)11(2)10-18-14/h4-7,10,17H,3,8-9H2,1-2H3. The highest BCUT2D eigenvalue weighted by atomic mass is 32.1. The van der Waals surface area contributed by atoms with Crippen LogP contribution in [0, 0.1) is 6.92 Å². The molecular weight excluding hydrogens is 244 g/mol. The van der Waals surface area contributed by atoms with Gasteiger partial charge in [0, 0.05) is 17.6 Å². The number of aromatic nitrogens is 1. The summed E-state index contributed by atoms with van der Waals surface area (Å²) in [7, 11) is 0. The van der Waals surface area contributed by atoms with Crippen molar-refractivity contribution in [1.82, 2.24) is 4.57 Å². The number of nitrogens with zero attached hydrogens (tertiary/aromatic N) is 2. The number of hydrogen-bond acceptors (Lipinski definition) is 3. The minimum atomic E-state index is 0.138. The Labute approximate surface area is 111 Å². The number of benzene rings is 1. The van der Waals surface area contributed by atoms with E-state index in [0.29, 0.717) is 6.54 Å². The first-order valence-corrected chi connectivity index (χ1v) is 7.02. The van der Waals surface area contributed by atoms with E-state index in [-0.39, 0.29) is 6.61 Å². The predicted octanol–water partition coefficient (Wildman–Crippen LogP) is 2.65. The Morgan fingerprint density at radius 2 is 2.00 bits per heavy atom. The summed E-state index contributed by atoms with van der Waals surface area (Å²) in [6.45, 7) is 4.91. The van der Waals surface area contributed by atoms with Crippen molar-refractivity contribution >= 4 is 17.0 Å². The van der Waals surface area contributed by atoms with Gasteiger partial charge in [0.15, 0.2) is 4.80 Å².